The Hall–Kier alpha value is -0.860. The number of hydrogen-bond acceptors (Lipinski definition) is 3. The van der Waals surface area contributed by atoms with Crippen molar-refractivity contribution in [3.63, 3.8) is 0 Å². The minimum Gasteiger partial charge on any atom is -0.393 e. The summed E-state index contributed by atoms with van der Waals surface area (Å²) >= 11 is 0. The predicted molar refractivity (Wildman–Crippen MR) is 75.6 cm³/mol. The molecule has 110 valence electrons. The molecular weight excluding hydrogens is 240 g/mol. The van der Waals surface area contributed by atoms with Gasteiger partial charge in [-0.15, -0.1) is 0 Å². The molecule has 0 aromatic heterocycles. The highest BCUT2D eigenvalue weighted by molar-refractivity contribution is 5.96. The molecule has 2 unspecified atom stereocenters. The molecule has 1 fully saturated rings. The van der Waals surface area contributed by atoms with Gasteiger partial charge in [0.1, 0.15) is 0 Å². The molecule has 0 bridgehead atoms. The molecule has 0 spiro atoms. The third-order valence-corrected chi connectivity index (χ3v) is 4.03. The molecule has 1 aliphatic rings. The lowest BCUT2D eigenvalue weighted by atomic mass is 9.86. The second kappa shape index (κ2) is 9.11. The van der Waals surface area contributed by atoms with Crippen LogP contribution < -0.4 is 0 Å². The Morgan fingerprint density at radius 3 is 1.53 bits per heavy atom. The van der Waals surface area contributed by atoms with Crippen LogP contribution in [0.15, 0.2) is 0 Å². The van der Waals surface area contributed by atoms with Gasteiger partial charge < -0.3 is 4.74 Å². The Morgan fingerprint density at radius 2 is 1.16 bits per heavy atom. The van der Waals surface area contributed by atoms with Crippen molar-refractivity contribution < 1.29 is 14.3 Å². The van der Waals surface area contributed by atoms with E-state index in [1.165, 1.54) is 25.7 Å². The van der Waals surface area contributed by atoms with E-state index in [2.05, 4.69) is 13.8 Å². The Morgan fingerprint density at radius 1 is 0.737 bits per heavy atom. The average molecular weight is 268 g/mol. The van der Waals surface area contributed by atoms with Crippen LogP contribution in [-0.4, -0.2) is 11.9 Å². The van der Waals surface area contributed by atoms with Gasteiger partial charge >= 0.3 is 11.9 Å². The van der Waals surface area contributed by atoms with Crippen molar-refractivity contribution >= 4 is 11.9 Å². The number of esters is 2. The first-order chi connectivity index (χ1) is 9.20. The molecule has 2 atom stereocenters. The first kappa shape index (κ1) is 16.2. The van der Waals surface area contributed by atoms with Crippen LogP contribution in [0.3, 0.4) is 0 Å². The van der Waals surface area contributed by atoms with Crippen LogP contribution in [0, 0.1) is 11.8 Å². The van der Waals surface area contributed by atoms with Gasteiger partial charge in [0, 0.05) is 0 Å². The zero-order valence-electron chi connectivity index (χ0n) is 12.5. The van der Waals surface area contributed by atoms with Crippen LogP contribution in [0.2, 0.25) is 0 Å². The molecule has 1 rings (SSSR count). The lowest BCUT2D eigenvalue weighted by Gasteiger charge is -2.13. The predicted octanol–water partition coefficient (Wildman–Crippen LogP) is 4.24. The summed E-state index contributed by atoms with van der Waals surface area (Å²) in [6.07, 6.45) is 10.8. The van der Waals surface area contributed by atoms with E-state index in [0.29, 0.717) is 0 Å². The third-order valence-electron chi connectivity index (χ3n) is 4.03. The van der Waals surface area contributed by atoms with Crippen molar-refractivity contribution in [2.45, 2.75) is 78.1 Å². The van der Waals surface area contributed by atoms with Crippen molar-refractivity contribution in [1.82, 2.24) is 0 Å². The maximum Gasteiger partial charge on any atom is 0.317 e. The normalized spacial score (nSPS) is 22.8. The molecule has 0 amide bonds. The van der Waals surface area contributed by atoms with Crippen LogP contribution in [0.4, 0.5) is 0 Å². The standard InChI is InChI=1S/C16H28O3/c1-3-5-7-9-11-13-14(12-10-8-6-4-2)16(18)19-15(13)17/h13-14H,3-12H2,1-2H3. The van der Waals surface area contributed by atoms with Crippen molar-refractivity contribution in [1.29, 1.82) is 0 Å². The van der Waals surface area contributed by atoms with Gasteiger partial charge in [0.25, 0.3) is 0 Å². The van der Waals surface area contributed by atoms with E-state index in [9.17, 15) is 9.59 Å². The van der Waals surface area contributed by atoms with Gasteiger partial charge in [-0.1, -0.05) is 65.2 Å². The zero-order valence-corrected chi connectivity index (χ0v) is 12.5. The fraction of sp³-hybridized carbons (Fsp3) is 0.875. The van der Waals surface area contributed by atoms with Gasteiger partial charge in [0.2, 0.25) is 0 Å². The Kier molecular flexibility index (Phi) is 7.76. The molecule has 0 aromatic rings. The van der Waals surface area contributed by atoms with Gasteiger partial charge in [0.05, 0.1) is 11.8 Å². The Bertz CT molecular complexity index is 258. The Labute approximate surface area is 117 Å². The summed E-state index contributed by atoms with van der Waals surface area (Å²) in [7, 11) is 0. The highest BCUT2D eigenvalue weighted by atomic mass is 16.6. The number of rotatable bonds is 10. The summed E-state index contributed by atoms with van der Waals surface area (Å²) in [4.78, 5) is 23.4. The fourth-order valence-corrected chi connectivity index (χ4v) is 2.80. The van der Waals surface area contributed by atoms with Gasteiger partial charge in [-0.3, -0.25) is 9.59 Å². The van der Waals surface area contributed by atoms with E-state index < -0.39 is 0 Å². The lowest BCUT2D eigenvalue weighted by Crippen LogP contribution is -2.18. The minimum atomic E-state index is -0.276. The average Bonchev–Trinajstić information content (AvgIpc) is 2.65. The van der Waals surface area contributed by atoms with E-state index in [4.69, 9.17) is 4.74 Å². The van der Waals surface area contributed by atoms with Crippen LogP contribution >= 0.6 is 0 Å². The second-order valence-electron chi connectivity index (χ2n) is 5.65. The number of unbranched alkanes of at least 4 members (excludes halogenated alkanes) is 6. The number of cyclic esters (lactones) is 2. The highest BCUT2D eigenvalue weighted by Crippen LogP contribution is 2.32. The van der Waals surface area contributed by atoms with Crippen molar-refractivity contribution in [2.24, 2.45) is 11.8 Å². The van der Waals surface area contributed by atoms with E-state index in [1.54, 1.807) is 0 Å². The molecule has 3 nitrogen and oxygen atoms in total. The topological polar surface area (TPSA) is 43.4 Å². The summed E-state index contributed by atoms with van der Waals surface area (Å²) < 4.78 is 4.82. The van der Waals surface area contributed by atoms with Gasteiger partial charge in [-0.2, -0.15) is 0 Å². The molecule has 0 aliphatic carbocycles. The van der Waals surface area contributed by atoms with Crippen LogP contribution in [-0.2, 0) is 14.3 Å². The van der Waals surface area contributed by atoms with E-state index in [-0.39, 0.29) is 23.8 Å². The largest absolute Gasteiger partial charge is 0.393 e. The molecular formula is C16H28O3. The quantitative estimate of drug-likeness (QED) is 0.338. The molecule has 0 radical (unpaired) electrons. The summed E-state index contributed by atoms with van der Waals surface area (Å²) in [5.74, 6) is -0.874. The monoisotopic (exact) mass is 268 g/mol. The molecule has 3 heteroatoms. The smallest absolute Gasteiger partial charge is 0.317 e. The summed E-state index contributed by atoms with van der Waals surface area (Å²) in [5, 5.41) is 0. The number of carbonyl (C=O) groups is 2. The van der Waals surface area contributed by atoms with Crippen molar-refractivity contribution in [3.8, 4) is 0 Å². The van der Waals surface area contributed by atoms with E-state index in [0.717, 1.165) is 38.5 Å². The Balaban J connectivity index is 2.36. The molecule has 1 heterocycles. The van der Waals surface area contributed by atoms with E-state index in [1.807, 2.05) is 0 Å². The fourth-order valence-electron chi connectivity index (χ4n) is 2.80. The SMILES string of the molecule is CCCCCCC1C(=O)OC(=O)C1CCCCCC. The molecule has 0 aromatic carbocycles. The summed E-state index contributed by atoms with van der Waals surface area (Å²) in [6, 6.07) is 0. The second-order valence-corrected chi connectivity index (χ2v) is 5.65. The summed E-state index contributed by atoms with van der Waals surface area (Å²) in [6.45, 7) is 4.34. The maximum absolute atomic E-state index is 11.7. The van der Waals surface area contributed by atoms with E-state index >= 15 is 0 Å². The van der Waals surface area contributed by atoms with Crippen LogP contribution in [0.5, 0.6) is 0 Å². The first-order valence-electron chi connectivity index (χ1n) is 7.96. The van der Waals surface area contributed by atoms with Crippen LogP contribution in [0.25, 0.3) is 0 Å². The molecule has 0 saturated carbocycles. The van der Waals surface area contributed by atoms with Gasteiger partial charge in [-0.05, 0) is 12.8 Å². The van der Waals surface area contributed by atoms with Crippen molar-refractivity contribution in [3.05, 3.63) is 0 Å². The summed E-state index contributed by atoms with van der Waals surface area (Å²) in [5.41, 5.74) is 0. The lowest BCUT2D eigenvalue weighted by molar-refractivity contribution is -0.153. The molecule has 1 saturated heterocycles. The van der Waals surface area contributed by atoms with Gasteiger partial charge in [0.15, 0.2) is 0 Å². The number of hydrogen-bond donors (Lipinski definition) is 0. The molecule has 0 N–H and O–H groups in total. The van der Waals surface area contributed by atoms with Crippen molar-refractivity contribution in [2.75, 3.05) is 0 Å². The number of carbonyl (C=O) groups excluding carboxylic acids is 2. The number of ether oxygens (including phenoxy) is 1. The zero-order chi connectivity index (χ0) is 14.1. The first-order valence-corrected chi connectivity index (χ1v) is 7.96. The minimum absolute atomic E-state index is 0.161. The highest BCUT2D eigenvalue weighted by Gasteiger charge is 2.42. The van der Waals surface area contributed by atoms with Gasteiger partial charge in [-0.25, -0.2) is 0 Å². The molecule has 19 heavy (non-hydrogen) atoms. The maximum atomic E-state index is 11.7. The third kappa shape index (κ3) is 5.33. The van der Waals surface area contributed by atoms with Crippen LogP contribution in [0.1, 0.15) is 78.1 Å². The molecule has 1 aliphatic heterocycles.